The maximum absolute atomic E-state index is 12.7. The van der Waals surface area contributed by atoms with Gasteiger partial charge in [0.2, 0.25) is 11.8 Å². The van der Waals surface area contributed by atoms with Crippen molar-refractivity contribution in [2.24, 2.45) is 5.41 Å². The number of nitrogen functional groups attached to an aromatic ring is 1. The topological polar surface area (TPSA) is 384 Å². The van der Waals surface area contributed by atoms with E-state index in [-0.39, 0.29) is 53.8 Å². The van der Waals surface area contributed by atoms with Crippen LogP contribution >= 0.6 is 35.2 Å². The summed E-state index contributed by atoms with van der Waals surface area (Å²) in [4.78, 5) is 88.2. The van der Waals surface area contributed by atoms with E-state index in [1.54, 1.807) is 0 Å². The predicted octanol–water partition coefficient (Wildman–Crippen LogP) is 2.34. The summed E-state index contributed by atoms with van der Waals surface area (Å²) in [6.45, 7) is 2.59. The van der Waals surface area contributed by atoms with E-state index in [4.69, 9.17) is 19.5 Å². The molecule has 11 N–H and O–H groups in total. The van der Waals surface area contributed by atoms with E-state index in [9.17, 15) is 63.0 Å². The van der Waals surface area contributed by atoms with Gasteiger partial charge in [0.15, 0.2) is 22.8 Å². The number of carbonyl (C=O) groups excluding carboxylic acids is 3. The minimum Gasteiger partial charge on any atom is -0.393 e. The molecule has 0 aliphatic carbocycles. The number of amides is 2. The van der Waals surface area contributed by atoms with Gasteiger partial charge in [-0.15, -0.1) is 0 Å². The number of aliphatic hydroxyl groups is 3. The Bertz CT molecular complexity index is 1960. The summed E-state index contributed by atoms with van der Waals surface area (Å²) < 4.78 is 62.3. The molecule has 0 saturated carbocycles. The molecule has 1 aliphatic rings. The fourth-order valence-electron chi connectivity index (χ4n) is 6.34. The monoisotopic (exact) mass is 993 g/mol. The van der Waals surface area contributed by atoms with E-state index in [0.29, 0.717) is 6.42 Å². The largest absolute Gasteiger partial charge is 0.481 e. The van der Waals surface area contributed by atoms with Crippen molar-refractivity contribution in [2.75, 3.05) is 37.8 Å². The van der Waals surface area contributed by atoms with Gasteiger partial charge in [0.25, 0.3) is 0 Å². The molecule has 1 aliphatic heterocycles. The minimum atomic E-state index is -5.58. The second-order valence-electron chi connectivity index (χ2n) is 15.8. The number of carbonyl (C=O) groups is 3. The maximum atomic E-state index is 12.7. The first kappa shape index (κ1) is 55.8. The lowest BCUT2D eigenvalue weighted by atomic mass is 9.87. The van der Waals surface area contributed by atoms with Gasteiger partial charge in [-0.05, 0) is 6.42 Å². The van der Waals surface area contributed by atoms with E-state index in [2.05, 4.69) is 41.3 Å². The molecular formula is C35H62N7O18P3S. The van der Waals surface area contributed by atoms with Gasteiger partial charge in [0, 0.05) is 37.1 Å². The quantitative estimate of drug-likeness (QED) is 0.0383. The Kier molecular flexibility index (Phi) is 22.8. The lowest BCUT2D eigenvalue weighted by Gasteiger charge is -2.30. The standard InChI is InChI=1S/C35H62N7O18P3S/c1-4-5-6-7-8-9-10-11-12-13-23(43)18-26(45)64-17-16-37-25(44)14-15-38-33(48)30(47)35(2,3)20-57-63(54,55)60-62(52,53)56-19-24-29(59-61(49,50)51)28(46)34(58-24)42-22-41-27-31(36)39-21-40-32(27)42/h21-24,28-30,34,43,46-47H,4-20H2,1-3H3,(H,37,44)(H,38,48)(H,52,53)(H,54,55)(H2,36,39,40)(H2,49,50,51)/t23-,24-,28-,29-,30+,34-/m1/s1. The van der Waals surface area contributed by atoms with E-state index >= 15 is 0 Å². The average molecular weight is 994 g/mol. The molecule has 0 spiro atoms. The van der Waals surface area contributed by atoms with Crippen molar-refractivity contribution in [3.05, 3.63) is 12.7 Å². The fraction of sp³-hybridized carbons (Fsp3) is 0.771. The van der Waals surface area contributed by atoms with Crippen molar-refractivity contribution in [1.29, 1.82) is 0 Å². The van der Waals surface area contributed by atoms with Crippen LogP contribution in [0.3, 0.4) is 0 Å². The zero-order chi connectivity index (χ0) is 47.7. The molecule has 0 aromatic carbocycles. The normalized spacial score (nSPS) is 21.0. The number of phosphoric ester groups is 3. The number of ether oxygens (including phenoxy) is 1. The number of phosphoric acid groups is 3. The van der Waals surface area contributed by atoms with Gasteiger partial charge in [-0.2, -0.15) is 4.31 Å². The molecule has 1 saturated heterocycles. The Hall–Kier alpha value is -2.48. The molecule has 2 amide bonds. The van der Waals surface area contributed by atoms with E-state index in [1.165, 1.54) is 52.4 Å². The number of hydrogen-bond acceptors (Lipinski definition) is 19. The molecule has 366 valence electrons. The summed E-state index contributed by atoms with van der Waals surface area (Å²) in [5.41, 5.74) is 4.25. The number of nitrogens with one attached hydrogen (secondary N) is 2. The van der Waals surface area contributed by atoms with Gasteiger partial charge in [0.1, 0.15) is 36.3 Å². The van der Waals surface area contributed by atoms with Crippen molar-refractivity contribution >= 4 is 69.1 Å². The number of unbranched alkanes of at least 4 members (excludes halogenated alkanes) is 8. The Morgan fingerprint density at radius 2 is 1.58 bits per heavy atom. The number of thioether (sulfide) groups is 1. The van der Waals surface area contributed by atoms with Gasteiger partial charge in [-0.25, -0.2) is 28.6 Å². The number of imidazole rings is 1. The third-order valence-corrected chi connectivity index (χ3v) is 13.8. The molecule has 1 fully saturated rings. The fourth-order valence-corrected chi connectivity index (χ4v) is 9.91. The van der Waals surface area contributed by atoms with Crippen LogP contribution in [-0.2, 0) is 50.7 Å². The smallest absolute Gasteiger partial charge is 0.393 e. The summed E-state index contributed by atoms with van der Waals surface area (Å²) in [5, 5.41) is 36.5. The third-order valence-electron chi connectivity index (χ3n) is 9.81. The van der Waals surface area contributed by atoms with Gasteiger partial charge >= 0.3 is 23.5 Å². The Morgan fingerprint density at radius 3 is 2.23 bits per heavy atom. The van der Waals surface area contributed by atoms with Crippen LogP contribution in [0, 0.1) is 5.41 Å². The average Bonchev–Trinajstić information content (AvgIpc) is 3.76. The number of hydrogen-bond donors (Lipinski definition) is 10. The molecule has 0 bridgehead atoms. The van der Waals surface area contributed by atoms with Crippen molar-refractivity contribution in [2.45, 2.75) is 135 Å². The summed E-state index contributed by atoms with van der Waals surface area (Å²) in [6.07, 6.45) is 3.31. The highest BCUT2D eigenvalue weighted by Crippen LogP contribution is 2.61. The number of rotatable bonds is 31. The van der Waals surface area contributed by atoms with Crippen LogP contribution in [0.5, 0.6) is 0 Å². The van der Waals surface area contributed by atoms with Gasteiger partial charge in [-0.3, -0.25) is 32.5 Å². The first-order valence-corrected chi connectivity index (χ1v) is 26.2. The number of nitrogens with two attached hydrogens (primary N) is 1. The first-order valence-electron chi connectivity index (χ1n) is 20.7. The van der Waals surface area contributed by atoms with Gasteiger partial charge < -0.3 is 56.0 Å². The second kappa shape index (κ2) is 26.2. The number of anilines is 1. The van der Waals surface area contributed by atoms with Crippen molar-refractivity contribution in [3.8, 4) is 0 Å². The molecule has 3 rings (SSSR count). The summed E-state index contributed by atoms with van der Waals surface area (Å²) in [6, 6.07) is 0. The van der Waals surface area contributed by atoms with Crippen LogP contribution in [0.15, 0.2) is 12.7 Å². The molecule has 0 radical (unpaired) electrons. The van der Waals surface area contributed by atoms with E-state index in [1.807, 2.05) is 0 Å². The van der Waals surface area contributed by atoms with Crippen molar-refractivity contribution in [3.63, 3.8) is 0 Å². The van der Waals surface area contributed by atoms with Gasteiger partial charge in [-0.1, -0.05) is 90.3 Å². The zero-order valence-corrected chi connectivity index (χ0v) is 39.4. The molecule has 64 heavy (non-hydrogen) atoms. The molecule has 25 nitrogen and oxygen atoms in total. The molecular weight excluding hydrogens is 931 g/mol. The summed E-state index contributed by atoms with van der Waals surface area (Å²) in [7, 11) is -16.4. The van der Waals surface area contributed by atoms with Crippen LogP contribution in [0.1, 0.15) is 104 Å². The van der Waals surface area contributed by atoms with E-state index in [0.717, 1.165) is 48.2 Å². The Morgan fingerprint density at radius 1 is 0.938 bits per heavy atom. The number of nitrogens with zero attached hydrogens (tertiary/aromatic N) is 4. The molecule has 3 heterocycles. The third kappa shape index (κ3) is 19.4. The molecule has 29 heteroatoms. The van der Waals surface area contributed by atoms with Crippen LogP contribution < -0.4 is 16.4 Å². The highest BCUT2D eigenvalue weighted by Gasteiger charge is 2.50. The van der Waals surface area contributed by atoms with Crippen LogP contribution in [0.2, 0.25) is 0 Å². The van der Waals surface area contributed by atoms with Gasteiger partial charge in [0.05, 0.1) is 25.6 Å². The lowest BCUT2D eigenvalue weighted by molar-refractivity contribution is -0.137. The highest BCUT2D eigenvalue weighted by molar-refractivity contribution is 8.13. The van der Waals surface area contributed by atoms with Crippen molar-refractivity contribution < 1.29 is 85.6 Å². The molecule has 8 atom stereocenters. The maximum Gasteiger partial charge on any atom is 0.481 e. The number of aromatic nitrogens is 4. The predicted molar refractivity (Wildman–Crippen MR) is 230 cm³/mol. The first-order chi connectivity index (χ1) is 29.9. The van der Waals surface area contributed by atoms with Crippen LogP contribution in [-0.4, -0.2) is 134 Å². The summed E-state index contributed by atoms with van der Waals surface area (Å²) >= 11 is 0.995. The van der Waals surface area contributed by atoms with Crippen LogP contribution in [0.25, 0.3) is 11.2 Å². The number of aliphatic hydroxyl groups excluding tert-OH is 3. The zero-order valence-electron chi connectivity index (χ0n) is 35.9. The lowest BCUT2D eigenvalue weighted by Crippen LogP contribution is -2.46. The second-order valence-corrected chi connectivity index (χ2v) is 21.2. The summed E-state index contributed by atoms with van der Waals surface area (Å²) in [5.74, 6) is -1.22. The number of fused-ring (bicyclic) bond motifs is 1. The van der Waals surface area contributed by atoms with Crippen molar-refractivity contribution in [1.82, 2.24) is 30.2 Å². The highest BCUT2D eigenvalue weighted by atomic mass is 32.2. The Balaban J connectivity index is 1.36. The SMILES string of the molecule is CCCCCCCCCCC[C@@H](O)CC(=O)SCCNC(=O)CCNC(=O)[C@H](O)C(C)(C)COP(=O)(O)OP(=O)(O)OC[C@H]1O[C@@H](n2cnc3c(N)ncnc32)[C@H](O)[C@@H]1OP(=O)(O)O. The molecule has 2 aromatic heterocycles. The van der Waals surface area contributed by atoms with E-state index < -0.39 is 90.7 Å². The molecule has 2 aromatic rings. The minimum absolute atomic E-state index is 0.0253. The molecule has 2 unspecified atom stereocenters. The Labute approximate surface area is 374 Å². The van der Waals surface area contributed by atoms with Crippen LogP contribution in [0.4, 0.5) is 5.82 Å².